The van der Waals surface area contributed by atoms with Crippen LogP contribution in [0.15, 0.2) is 67.3 Å². The van der Waals surface area contributed by atoms with Crippen LogP contribution < -0.4 is 10.1 Å². The molecule has 0 unspecified atom stereocenters. The minimum atomic E-state index is -0.519. The van der Waals surface area contributed by atoms with Gasteiger partial charge in [0.05, 0.1) is 17.3 Å². The number of nitro benzene ring substituents is 1. The summed E-state index contributed by atoms with van der Waals surface area (Å²) in [5.74, 6) is -0.106. The monoisotopic (exact) mass is 338 g/mol. The molecule has 2 aromatic carbocycles. The summed E-state index contributed by atoms with van der Waals surface area (Å²) in [6, 6.07) is 12.9. The molecule has 0 saturated carbocycles. The van der Waals surface area contributed by atoms with Crippen LogP contribution in [0.5, 0.6) is 5.75 Å². The van der Waals surface area contributed by atoms with Gasteiger partial charge in [-0.2, -0.15) is 0 Å². The van der Waals surface area contributed by atoms with Crippen molar-refractivity contribution in [3.8, 4) is 11.4 Å². The van der Waals surface area contributed by atoms with Crippen LogP contribution in [-0.2, 0) is 4.79 Å². The van der Waals surface area contributed by atoms with Gasteiger partial charge in [0.1, 0.15) is 5.75 Å². The number of carbonyl (C=O) groups excluding carboxylic acids is 1. The number of amides is 1. The van der Waals surface area contributed by atoms with Gasteiger partial charge < -0.3 is 14.6 Å². The minimum absolute atomic E-state index is 0.0917. The number of non-ortho nitro benzene ring substituents is 1. The highest BCUT2D eigenvalue weighted by Gasteiger charge is 2.09. The zero-order valence-corrected chi connectivity index (χ0v) is 13.0. The maximum Gasteiger partial charge on any atom is 0.273 e. The number of hydrogen-bond donors (Lipinski definition) is 1. The summed E-state index contributed by atoms with van der Waals surface area (Å²) in [4.78, 5) is 26.2. The Bertz CT molecular complexity index is 893. The largest absolute Gasteiger partial charge is 0.484 e. The van der Waals surface area contributed by atoms with E-state index in [2.05, 4.69) is 10.3 Å². The number of nitrogens with one attached hydrogen (secondary N) is 1. The van der Waals surface area contributed by atoms with Gasteiger partial charge in [-0.1, -0.05) is 12.1 Å². The van der Waals surface area contributed by atoms with Crippen LogP contribution in [0.4, 0.5) is 11.4 Å². The maximum atomic E-state index is 12.0. The summed E-state index contributed by atoms with van der Waals surface area (Å²) in [6.45, 7) is -0.254. The van der Waals surface area contributed by atoms with Crippen molar-refractivity contribution < 1.29 is 14.5 Å². The van der Waals surface area contributed by atoms with E-state index in [1.54, 1.807) is 36.9 Å². The molecule has 0 aliphatic carbocycles. The van der Waals surface area contributed by atoms with E-state index in [0.717, 1.165) is 5.69 Å². The second kappa shape index (κ2) is 7.26. The van der Waals surface area contributed by atoms with E-state index < -0.39 is 4.92 Å². The molecule has 1 amide bonds. The van der Waals surface area contributed by atoms with Crippen LogP contribution >= 0.6 is 0 Å². The molecule has 1 N–H and O–H groups in total. The van der Waals surface area contributed by atoms with E-state index in [1.165, 1.54) is 18.2 Å². The van der Waals surface area contributed by atoms with E-state index in [0.29, 0.717) is 5.69 Å². The van der Waals surface area contributed by atoms with Gasteiger partial charge in [-0.25, -0.2) is 4.98 Å². The van der Waals surface area contributed by atoms with E-state index >= 15 is 0 Å². The van der Waals surface area contributed by atoms with Crippen LogP contribution in [0.3, 0.4) is 0 Å². The number of anilines is 1. The smallest absolute Gasteiger partial charge is 0.273 e. The average Bonchev–Trinajstić information content (AvgIpc) is 3.15. The van der Waals surface area contributed by atoms with Crippen molar-refractivity contribution >= 4 is 17.3 Å². The second-order valence-electron chi connectivity index (χ2n) is 5.11. The molecule has 0 atom stereocenters. The first kappa shape index (κ1) is 16.2. The molecule has 0 spiro atoms. The van der Waals surface area contributed by atoms with Crippen LogP contribution in [0, 0.1) is 10.1 Å². The number of rotatable bonds is 6. The molecule has 126 valence electrons. The van der Waals surface area contributed by atoms with E-state index in [4.69, 9.17) is 4.74 Å². The van der Waals surface area contributed by atoms with Crippen LogP contribution in [-0.4, -0.2) is 27.0 Å². The Morgan fingerprint density at radius 1 is 1.24 bits per heavy atom. The molecule has 0 bridgehead atoms. The van der Waals surface area contributed by atoms with E-state index in [9.17, 15) is 14.9 Å². The normalized spacial score (nSPS) is 10.2. The van der Waals surface area contributed by atoms with Gasteiger partial charge in [-0.05, 0) is 24.3 Å². The Morgan fingerprint density at radius 3 is 2.84 bits per heavy atom. The number of nitrogens with zero attached hydrogens (tertiary/aromatic N) is 3. The highest BCUT2D eigenvalue weighted by Crippen LogP contribution is 2.19. The number of nitro groups is 1. The Hall–Kier alpha value is -3.68. The van der Waals surface area contributed by atoms with Gasteiger partial charge in [-0.3, -0.25) is 14.9 Å². The second-order valence-corrected chi connectivity index (χ2v) is 5.11. The summed E-state index contributed by atoms with van der Waals surface area (Å²) >= 11 is 0. The molecule has 0 aliphatic rings. The van der Waals surface area contributed by atoms with Gasteiger partial charge in [0.2, 0.25) is 0 Å². The topological polar surface area (TPSA) is 99.3 Å². The number of benzene rings is 2. The first-order valence-electron chi connectivity index (χ1n) is 7.37. The Kier molecular flexibility index (Phi) is 4.70. The van der Waals surface area contributed by atoms with Gasteiger partial charge in [0.15, 0.2) is 6.61 Å². The number of aromatic nitrogens is 2. The van der Waals surface area contributed by atoms with Crippen molar-refractivity contribution in [2.75, 3.05) is 11.9 Å². The number of hydrogen-bond acceptors (Lipinski definition) is 5. The lowest BCUT2D eigenvalue weighted by Crippen LogP contribution is -2.20. The summed E-state index contributed by atoms with van der Waals surface area (Å²) in [5, 5.41) is 13.4. The fraction of sp³-hybridized carbons (Fsp3) is 0.0588. The molecule has 3 aromatic rings. The Balaban J connectivity index is 1.60. The fourth-order valence-electron chi connectivity index (χ4n) is 2.19. The third-order valence-electron chi connectivity index (χ3n) is 3.33. The van der Waals surface area contributed by atoms with Crippen molar-refractivity contribution in [2.24, 2.45) is 0 Å². The first-order valence-corrected chi connectivity index (χ1v) is 7.37. The third kappa shape index (κ3) is 4.20. The van der Waals surface area contributed by atoms with Gasteiger partial charge in [0, 0.05) is 29.8 Å². The highest BCUT2D eigenvalue weighted by molar-refractivity contribution is 5.92. The van der Waals surface area contributed by atoms with E-state index in [-0.39, 0.29) is 24.0 Å². The lowest BCUT2D eigenvalue weighted by Gasteiger charge is -2.09. The molecule has 0 saturated heterocycles. The van der Waals surface area contributed by atoms with E-state index in [1.807, 2.05) is 16.7 Å². The van der Waals surface area contributed by atoms with Gasteiger partial charge in [0.25, 0.3) is 11.6 Å². The Morgan fingerprint density at radius 2 is 2.08 bits per heavy atom. The molecular formula is C17H14N4O4. The SMILES string of the molecule is O=C(COc1cccc([N+](=O)[O-])c1)Nc1cccc(-n2ccnc2)c1. The van der Waals surface area contributed by atoms with Crippen LogP contribution in [0.1, 0.15) is 0 Å². The predicted octanol–water partition coefficient (Wildman–Crippen LogP) is 2.80. The van der Waals surface area contributed by atoms with Crippen molar-refractivity contribution in [1.29, 1.82) is 0 Å². The fourth-order valence-corrected chi connectivity index (χ4v) is 2.19. The van der Waals surface area contributed by atoms with Crippen LogP contribution in [0.25, 0.3) is 5.69 Å². The molecule has 1 heterocycles. The molecule has 0 radical (unpaired) electrons. The molecule has 8 heteroatoms. The quantitative estimate of drug-likeness (QED) is 0.550. The molecule has 25 heavy (non-hydrogen) atoms. The predicted molar refractivity (Wildman–Crippen MR) is 90.8 cm³/mol. The zero-order valence-electron chi connectivity index (χ0n) is 13.0. The molecule has 1 aromatic heterocycles. The van der Waals surface area contributed by atoms with Crippen molar-refractivity contribution in [3.63, 3.8) is 0 Å². The number of imidazole rings is 1. The summed E-state index contributed by atoms with van der Waals surface area (Å²) in [6.07, 6.45) is 5.12. The third-order valence-corrected chi connectivity index (χ3v) is 3.33. The lowest BCUT2D eigenvalue weighted by molar-refractivity contribution is -0.384. The average molecular weight is 338 g/mol. The van der Waals surface area contributed by atoms with Gasteiger partial charge >= 0.3 is 0 Å². The number of carbonyl (C=O) groups is 1. The maximum absolute atomic E-state index is 12.0. The molecule has 8 nitrogen and oxygen atoms in total. The molecule has 0 aliphatic heterocycles. The summed E-state index contributed by atoms with van der Waals surface area (Å²) in [7, 11) is 0. The molecule has 0 fully saturated rings. The zero-order chi connectivity index (χ0) is 17.6. The Labute approximate surface area is 142 Å². The standard InChI is InChI=1S/C17H14N4O4/c22-17(11-25-16-6-2-5-15(10-16)21(23)24)19-13-3-1-4-14(9-13)20-8-7-18-12-20/h1-10,12H,11H2,(H,19,22). The first-order chi connectivity index (χ1) is 12.1. The van der Waals surface area contributed by atoms with Crippen LogP contribution in [0.2, 0.25) is 0 Å². The minimum Gasteiger partial charge on any atom is -0.484 e. The van der Waals surface area contributed by atoms with Gasteiger partial charge in [-0.15, -0.1) is 0 Å². The number of ether oxygens (including phenoxy) is 1. The highest BCUT2D eigenvalue weighted by atomic mass is 16.6. The molecule has 3 rings (SSSR count). The molecular weight excluding hydrogens is 324 g/mol. The van der Waals surface area contributed by atoms with Crippen molar-refractivity contribution in [1.82, 2.24) is 9.55 Å². The summed E-state index contributed by atoms with van der Waals surface area (Å²) in [5.41, 5.74) is 1.37. The van der Waals surface area contributed by atoms with Crippen molar-refractivity contribution in [3.05, 3.63) is 77.4 Å². The van der Waals surface area contributed by atoms with Crippen molar-refractivity contribution in [2.45, 2.75) is 0 Å². The summed E-state index contributed by atoms with van der Waals surface area (Å²) < 4.78 is 7.12. The lowest BCUT2D eigenvalue weighted by atomic mass is 10.2.